The van der Waals surface area contributed by atoms with Gasteiger partial charge >= 0.3 is 0 Å². The van der Waals surface area contributed by atoms with Gasteiger partial charge in [0, 0.05) is 6.20 Å². The average molecular weight is 225 g/mol. The monoisotopic (exact) mass is 224 g/mol. The Labute approximate surface area is 88.5 Å². The van der Waals surface area contributed by atoms with Crippen molar-refractivity contribution >= 4 is 28.1 Å². The number of nitro groups is 1. The van der Waals surface area contributed by atoms with Gasteiger partial charge in [0.05, 0.1) is 15.7 Å². The summed E-state index contributed by atoms with van der Waals surface area (Å²) in [4.78, 5) is 23.9. The number of fused-ring (bicyclic) bond motifs is 1. The Morgan fingerprint density at radius 1 is 1.27 bits per heavy atom. The lowest BCUT2D eigenvalue weighted by Gasteiger charge is -1.99. The molecule has 2 aromatic rings. The molecule has 5 nitrogen and oxygen atoms in total. The van der Waals surface area contributed by atoms with Crippen LogP contribution >= 0.6 is 11.6 Å². The Morgan fingerprint density at radius 3 is 2.67 bits per heavy atom. The molecule has 0 bridgehead atoms. The number of pyridine rings is 1. The highest BCUT2D eigenvalue weighted by molar-refractivity contribution is 6.34. The van der Waals surface area contributed by atoms with Gasteiger partial charge in [-0.05, 0) is 18.2 Å². The summed E-state index contributed by atoms with van der Waals surface area (Å²) >= 11 is 5.70. The van der Waals surface area contributed by atoms with E-state index in [0.717, 1.165) is 0 Å². The van der Waals surface area contributed by atoms with E-state index in [-0.39, 0.29) is 27.0 Å². The van der Waals surface area contributed by atoms with Crippen LogP contribution in [0.4, 0.5) is 5.69 Å². The van der Waals surface area contributed by atoms with E-state index in [1.165, 1.54) is 24.4 Å². The summed E-state index contributed by atoms with van der Waals surface area (Å²) in [6.07, 6.45) is 1.36. The number of aromatic amines is 1. The van der Waals surface area contributed by atoms with Gasteiger partial charge in [-0.1, -0.05) is 11.6 Å². The molecule has 0 spiro atoms. The maximum atomic E-state index is 11.3. The van der Waals surface area contributed by atoms with Gasteiger partial charge in [-0.2, -0.15) is 0 Å². The molecule has 1 aromatic carbocycles. The summed E-state index contributed by atoms with van der Waals surface area (Å²) in [5.41, 5.74) is -0.604. The van der Waals surface area contributed by atoms with Crippen molar-refractivity contribution in [2.24, 2.45) is 0 Å². The summed E-state index contributed by atoms with van der Waals surface area (Å²) in [5, 5.41) is 11.3. The first-order valence-electron chi connectivity index (χ1n) is 4.05. The van der Waals surface area contributed by atoms with Crippen LogP contribution in [0.5, 0.6) is 0 Å². The fourth-order valence-electron chi connectivity index (χ4n) is 1.41. The Balaban J connectivity index is 3.01. The molecule has 0 unspecified atom stereocenters. The van der Waals surface area contributed by atoms with E-state index in [9.17, 15) is 14.9 Å². The van der Waals surface area contributed by atoms with Gasteiger partial charge < -0.3 is 4.98 Å². The number of aromatic nitrogens is 1. The first-order valence-corrected chi connectivity index (χ1v) is 4.43. The van der Waals surface area contributed by atoms with Crippen LogP contribution in [-0.4, -0.2) is 9.91 Å². The maximum Gasteiger partial charge on any atom is 0.295 e. The van der Waals surface area contributed by atoms with Crippen molar-refractivity contribution in [3.8, 4) is 0 Å². The van der Waals surface area contributed by atoms with Gasteiger partial charge in [-0.3, -0.25) is 14.9 Å². The van der Waals surface area contributed by atoms with E-state index in [4.69, 9.17) is 11.6 Å². The van der Waals surface area contributed by atoms with Crippen LogP contribution < -0.4 is 5.56 Å². The molecule has 0 aliphatic rings. The molecule has 0 saturated heterocycles. The van der Waals surface area contributed by atoms with Crippen LogP contribution in [0.2, 0.25) is 5.02 Å². The lowest BCUT2D eigenvalue weighted by Crippen LogP contribution is -2.05. The van der Waals surface area contributed by atoms with Crippen LogP contribution in [0.1, 0.15) is 0 Å². The van der Waals surface area contributed by atoms with Crippen molar-refractivity contribution in [2.45, 2.75) is 0 Å². The largest absolute Gasteiger partial charge is 0.329 e. The van der Waals surface area contributed by atoms with Gasteiger partial charge in [-0.15, -0.1) is 0 Å². The van der Waals surface area contributed by atoms with Crippen molar-refractivity contribution < 1.29 is 4.92 Å². The second kappa shape index (κ2) is 3.36. The van der Waals surface area contributed by atoms with E-state index in [1.807, 2.05) is 0 Å². The van der Waals surface area contributed by atoms with Crippen molar-refractivity contribution in [2.75, 3.05) is 0 Å². The molecular weight excluding hydrogens is 220 g/mol. The van der Waals surface area contributed by atoms with Crippen molar-refractivity contribution in [1.29, 1.82) is 0 Å². The van der Waals surface area contributed by atoms with Gasteiger partial charge in [0.15, 0.2) is 0 Å². The second-order valence-corrected chi connectivity index (χ2v) is 3.33. The molecule has 6 heteroatoms. The number of hydrogen-bond acceptors (Lipinski definition) is 3. The fourth-order valence-corrected chi connectivity index (χ4v) is 1.65. The van der Waals surface area contributed by atoms with Gasteiger partial charge in [0.25, 0.3) is 11.2 Å². The molecule has 1 aromatic heterocycles. The van der Waals surface area contributed by atoms with Crippen LogP contribution in [-0.2, 0) is 0 Å². The molecule has 0 aliphatic carbocycles. The minimum absolute atomic E-state index is 0.0260. The fraction of sp³-hybridized carbons (Fsp3) is 0. The molecule has 2 rings (SSSR count). The van der Waals surface area contributed by atoms with E-state index in [2.05, 4.69) is 4.98 Å². The molecule has 0 radical (unpaired) electrons. The summed E-state index contributed by atoms with van der Waals surface area (Å²) < 4.78 is 0. The zero-order valence-corrected chi connectivity index (χ0v) is 8.12. The van der Waals surface area contributed by atoms with Crippen LogP contribution in [0.3, 0.4) is 0 Å². The molecule has 0 atom stereocenters. The first-order chi connectivity index (χ1) is 7.11. The Kier molecular flexibility index (Phi) is 2.17. The number of nitro benzene ring substituents is 1. The topological polar surface area (TPSA) is 76.0 Å². The first kappa shape index (κ1) is 9.67. The quantitative estimate of drug-likeness (QED) is 0.595. The van der Waals surface area contributed by atoms with E-state index in [0.29, 0.717) is 0 Å². The second-order valence-electron chi connectivity index (χ2n) is 2.92. The molecule has 0 aliphatic heterocycles. The zero-order chi connectivity index (χ0) is 11.0. The number of rotatable bonds is 1. The highest BCUT2D eigenvalue weighted by Crippen LogP contribution is 2.30. The lowest BCUT2D eigenvalue weighted by molar-refractivity contribution is -0.382. The molecule has 15 heavy (non-hydrogen) atoms. The predicted molar refractivity (Wildman–Crippen MR) is 56.2 cm³/mol. The van der Waals surface area contributed by atoms with Crippen LogP contribution in [0.15, 0.2) is 29.2 Å². The Morgan fingerprint density at radius 2 is 2.00 bits per heavy atom. The maximum absolute atomic E-state index is 11.3. The summed E-state index contributed by atoms with van der Waals surface area (Å²) in [6, 6.07) is 4.27. The van der Waals surface area contributed by atoms with Crippen molar-refractivity contribution in [3.05, 3.63) is 49.9 Å². The average Bonchev–Trinajstić information content (AvgIpc) is 2.17. The SMILES string of the molecule is O=c1[nH]ccc2c([N+](=O)[O-])c(Cl)ccc12. The third-order valence-corrected chi connectivity index (χ3v) is 2.36. The minimum atomic E-state index is -0.593. The number of nitrogens with zero attached hydrogens (tertiary/aromatic N) is 1. The van der Waals surface area contributed by atoms with E-state index < -0.39 is 4.92 Å². The normalized spacial score (nSPS) is 10.5. The molecule has 0 saturated carbocycles. The predicted octanol–water partition coefficient (Wildman–Crippen LogP) is 2.09. The van der Waals surface area contributed by atoms with Crippen molar-refractivity contribution in [3.63, 3.8) is 0 Å². The lowest BCUT2D eigenvalue weighted by atomic mass is 10.1. The summed E-state index contributed by atoms with van der Waals surface area (Å²) in [6.45, 7) is 0. The smallest absolute Gasteiger partial charge is 0.295 e. The van der Waals surface area contributed by atoms with Crippen LogP contribution in [0, 0.1) is 10.1 Å². The molecule has 1 N–H and O–H groups in total. The Hall–Kier alpha value is -1.88. The summed E-state index contributed by atoms with van der Waals surface area (Å²) in [5.74, 6) is 0. The van der Waals surface area contributed by atoms with Gasteiger partial charge in [0.2, 0.25) is 0 Å². The third kappa shape index (κ3) is 1.46. The molecular formula is C9H5ClN2O3. The third-order valence-electron chi connectivity index (χ3n) is 2.06. The number of benzene rings is 1. The Bertz CT molecular complexity index is 606. The standard InChI is InChI=1S/C9H5ClN2O3/c10-7-2-1-6-5(8(7)12(14)15)3-4-11-9(6)13/h1-4H,(H,11,13). The zero-order valence-electron chi connectivity index (χ0n) is 7.36. The minimum Gasteiger partial charge on any atom is -0.329 e. The van der Waals surface area contributed by atoms with Gasteiger partial charge in [0.1, 0.15) is 5.02 Å². The number of nitrogens with one attached hydrogen (secondary N) is 1. The van der Waals surface area contributed by atoms with Crippen LogP contribution in [0.25, 0.3) is 10.8 Å². The molecule has 0 amide bonds. The number of halogens is 1. The molecule has 0 fully saturated rings. The van der Waals surface area contributed by atoms with Gasteiger partial charge in [-0.25, -0.2) is 0 Å². The summed E-state index contributed by atoms with van der Waals surface area (Å²) in [7, 11) is 0. The number of hydrogen-bond donors (Lipinski definition) is 1. The van der Waals surface area contributed by atoms with E-state index in [1.54, 1.807) is 0 Å². The highest BCUT2D eigenvalue weighted by Gasteiger charge is 2.17. The highest BCUT2D eigenvalue weighted by atomic mass is 35.5. The van der Waals surface area contributed by atoms with Crippen molar-refractivity contribution in [1.82, 2.24) is 4.98 Å². The molecule has 1 heterocycles. The van der Waals surface area contributed by atoms with E-state index >= 15 is 0 Å². The number of H-pyrrole nitrogens is 1. The molecule has 76 valence electrons.